The van der Waals surface area contributed by atoms with Crippen molar-refractivity contribution in [3.8, 4) is 0 Å². The van der Waals surface area contributed by atoms with E-state index in [1.807, 2.05) is 0 Å². The molecule has 0 aromatic heterocycles. The number of hydrogen-bond donors (Lipinski definition) is 24. The van der Waals surface area contributed by atoms with Gasteiger partial charge in [0, 0.05) is 27.7 Å². The van der Waals surface area contributed by atoms with E-state index in [-0.39, 0.29) is 0 Å². The molecule has 0 unspecified atom stereocenters. The Labute approximate surface area is 562 Å². The molecule has 0 bridgehead atoms. The van der Waals surface area contributed by atoms with Crippen LogP contribution in [0.5, 0.6) is 0 Å². The van der Waals surface area contributed by atoms with Gasteiger partial charge in [0.25, 0.3) is 0 Å². The molecule has 572 valence electrons. The number of amides is 4. The molecule has 0 aliphatic carbocycles. The van der Waals surface area contributed by atoms with E-state index in [9.17, 15) is 121 Å². The fourth-order valence-corrected chi connectivity index (χ4v) is 12.7. The summed E-state index contributed by atoms with van der Waals surface area (Å²) in [5, 5.41) is 231. The molecule has 8 saturated heterocycles. The number of nitrogens with one attached hydrogen (secondary N) is 4. The smallest absolute Gasteiger partial charge is 0.217 e. The molecular weight excluding hydrogens is 1350 g/mol. The van der Waals surface area contributed by atoms with Crippen LogP contribution >= 0.6 is 0 Å². The highest BCUT2D eigenvalue weighted by molar-refractivity contribution is 5.74. The van der Waals surface area contributed by atoms with Crippen molar-refractivity contribution in [3.63, 3.8) is 0 Å². The molecule has 43 heteroatoms. The number of ether oxygens (including phenoxy) is 15. The van der Waals surface area contributed by atoms with Gasteiger partial charge in [-0.3, -0.25) is 19.2 Å². The highest BCUT2D eigenvalue weighted by Gasteiger charge is 2.59. The lowest BCUT2D eigenvalue weighted by molar-refractivity contribution is -0.395. The lowest BCUT2D eigenvalue weighted by atomic mass is 9.94. The first kappa shape index (κ1) is 81.2. The predicted octanol–water partition coefficient (Wildman–Crippen LogP) is -16.2. The summed E-state index contributed by atoms with van der Waals surface area (Å²) in [6, 6.07) is -6.54. The number of rotatable bonds is 25. The Bertz CT molecular complexity index is 2580. The van der Waals surface area contributed by atoms with Gasteiger partial charge in [0.1, 0.15) is 183 Å². The summed E-state index contributed by atoms with van der Waals surface area (Å²) in [5.74, 6) is -3.20. The zero-order valence-electron chi connectivity index (χ0n) is 53.9. The van der Waals surface area contributed by atoms with E-state index in [2.05, 4.69) is 21.3 Å². The van der Waals surface area contributed by atoms with Crippen molar-refractivity contribution in [2.45, 2.75) is 274 Å². The molecule has 0 radical (unpaired) electrons. The number of hydrogen-bond acceptors (Lipinski definition) is 39. The van der Waals surface area contributed by atoms with Crippen molar-refractivity contribution in [1.82, 2.24) is 21.3 Å². The molecule has 8 fully saturated rings. The van der Waals surface area contributed by atoms with Crippen LogP contribution in [0, 0.1) is 0 Å². The molecule has 99 heavy (non-hydrogen) atoms. The fourth-order valence-electron chi connectivity index (χ4n) is 12.7. The van der Waals surface area contributed by atoms with E-state index in [1.54, 1.807) is 0 Å². The first-order chi connectivity index (χ1) is 46.8. The fraction of sp³-hybridized carbons (Fsp3) is 0.929. The number of carbonyl (C=O) groups is 4. The average molecular weight is 1450 g/mol. The summed E-state index contributed by atoms with van der Waals surface area (Å²) >= 11 is 0. The van der Waals surface area contributed by atoms with Gasteiger partial charge in [0.05, 0.1) is 65.0 Å². The third kappa shape index (κ3) is 18.4. The van der Waals surface area contributed by atoms with Crippen molar-refractivity contribution in [2.75, 3.05) is 52.9 Å². The molecule has 43 nitrogen and oxygen atoms in total. The molecule has 8 heterocycles. The predicted molar refractivity (Wildman–Crippen MR) is 308 cm³/mol. The van der Waals surface area contributed by atoms with Crippen LogP contribution in [0.15, 0.2) is 0 Å². The monoisotopic (exact) mass is 1450 g/mol. The Morgan fingerprint density at radius 2 is 0.677 bits per heavy atom. The zero-order valence-corrected chi connectivity index (χ0v) is 53.9. The lowest BCUT2D eigenvalue weighted by Crippen LogP contribution is -2.70. The Kier molecular flexibility index (Phi) is 29.1. The minimum atomic E-state index is -2.47. The zero-order chi connectivity index (χ0) is 72.9. The maximum Gasteiger partial charge on any atom is 0.217 e. The van der Waals surface area contributed by atoms with Crippen molar-refractivity contribution in [3.05, 3.63) is 0 Å². The molecule has 8 aliphatic rings. The molecule has 8 aliphatic heterocycles. The van der Waals surface area contributed by atoms with Gasteiger partial charge in [-0.1, -0.05) is 0 Å². The van der Waals surface area contributed by atoms with Gasteiger partial charge in [-0.05, 0) is 6.92 Å². The van der Waals surface area contributed by atoms with Crippen molar-refractivity contribution in [2.24, 2.45) is 0 Å². The van der Waals surface area contributed by atoms with Crippen LogP contribution in [-0.2, 0) is 90.2 Å². The summed E-state index contributed by atoms with van der Waals surface area (Å²) in [6.45, 7) is -1.86. The van der Waals surface area contributed by atoms with E-state index < -0.39 is 316 Å². The van der Waals surface area contributed by atoms with Crippen LogP contribution in [-0.4, -0.2) is 418 Å². The first-order valence-corrected chi connectivity index (χ1v) is 31.8. The molecule has 0 aromatic carbocycles. The number of carbonyl (C=O) groups excluding carboxylic acids is 4. The molecule has 4 amide bonds. The summed E-state index contributed by atoms with van der Waals surface area (Å²) in [7, 11) is 0. The maximum atomic E-state index is 13.1. The third-order valence-electron chi connectivity index (χ3n) is 18.1. The second-order valence-corrected chi connectivity index (χ2v) is 25.3. The largest absolute Gasteiger partial charge is 0.394 e. The normalized spacial score (nSPS) is 48.3. The van der Waals surface area contributed by atoms with Gasteiger partial charge in [-0.15, -0.1) is 0 Å². The summed E-state index contributed by atoms with van der Waals surface area (Å²) in [6.07, 6.45) is -67.9. The van der Waals surface area contributed by atoms with Gasteiger partial charge < -0.3 is 194 Å². The van der Waals surface area contributed by atoms with Crippen LogP contribution in [0.1, 0.15) is 34.6 Å². The Hall–Kier alpha value is -3.52. The SMILES string of the molecule is CC(=O)N[C@H]1[C@H](O[C@H]2[C@H](O)[C@@H](NC(C)=O)CO[C@@H]2CO[C@@H]2O[C@@H](C)[C@@H](O)[C@@H](O)[C@@H]2O)O[C@H](CO)[C@@H](O[C@@H]2O[C@H](CO[C@H]3O[C@H](CO)[C@@H](O)[C@H](O)[C@@H]3O[C@@H]3O[C@H](CO)[C@@H](O)[C@H](O)[C@H]3NC(C)=O)[C@@H](O)[C@H](O[C@H]3O[C@H](CO)[C@@H](O)[C@H](O)[C@@H]3O[C@@H]3O[C@H](CO)[C@@H](O)[C@H](O)[C@H]3NC(C)=O)[C@@H]2O)[C@@H]1O. The van der Waals surface area contributed by atoms with Gasteiger partial charge in [-0.2, -0.15) is 0 Å². The molecular formula is C56H94N4O39. The molecule has 0 saturated carbocycles. The molecule has 8 rings (SSSR count). The van der Waals surface area contributed by atoms with E-state index >= 15 is 0 Å². The summed E-state index contributed by atoms with van der Waals surface area (Å²) in [5.41, 5.74) is 0. The van der Waals surface area contributed by atoms with E-state index in [4.69, 9.17) is 71.1 Å². The van der Waals surface area contributed by atoms with Crippen LogP contribution in [0.25, 0.3) is 0 Å². The Balaban J connectivity index is 1.13. The summed E-state index contributed by atoms with van der Waals surface area (Å²) in [4.78, 5) is 50.2. The van der Waals surface area contributed by atoms with E-state index in [0.717, 1.165) is 27.7 Å². The van der Waals surface area contributed by atoms with Crippen molar-refractivity contribution < 1.29 is 192 Å². The minimum Gasteiger partial charge on any atom is -0.394 e. The summed E-state index contributed by atoms with van der Waals surface area (Å²) < 4.78 is 89.3. The van der Waals surface area contributed by atoms with Crippen LogP contribution in [0.3, 0.4) is 0 Å². The topological polar surface area (TPSA) is 659 Å². The molecule has 39 atom stereocenters. The van der Waals surface area contributed by atoms with E-state index in [1.165, 1.54) is 6.92 Å². The molecule has 0 aromatic rings. The van der Waals surface area contributed by atoms with Crippen molar-refractivity contribution >= 4 is 23.6 Å². The molecule has 24 N–H and O–H groups in total. The highest BCUT2D eigenvalue weighted by atomic mass is 16.8. The van der Waals surface area contributed by atoms with Crippen molar-refractivity contribution in [1.29, 1.82) is 0 Å². The van der Waals surface area contributed by atoms with Gasteiger partial charge in [-0.25, -0.2) is 0 Å². The van der Waals surface area contributed by atoms with E-state index in [0.29, 0.717) is 0 Å². The minimum absolute atomic E-state index is 0.401. The lowest BCUT2D eigenvalue weighted by Gasteiger charge is -2.51. The average Bonchev–Trinajstić information content (AvgIpc) is 0.776. The van der Waals surface area contributed by atoms with Gasteiger partial charge in [0.15, 0.2) is 44.0 Å². The first-order valence-electron chi connectivity index (χ1n) is 31.8. The Morgan fingerprint density at radius 3 is 1.15 bits per heavy atom. The third-order valence-corrected chi connectivity index (χ3v) is 18.1. The van der Waals surface area contributed by atoms with Gasteiger partial charge in [0.2, 0.25) is 23.6 Å². The van der Waals surface area contributed by atoms with Crippen LogP contribution in [0.2, 0.25) is 0 Å². The standard InChI is InChI=1S/C56H94N4O39/c1-14-30(70)40(80)43(83)53(88-14)86-13-26-46(31(71)19(11-85-26)57-15(2)66)95-52-29(60-18(5)69)39(79)45(24(10-65)93-52)96-54-44(84)47(97-56-49(42(82)35(75)23(9-64)92-56)99-51-28(59-17(4)68)38(78)33(73)21(7-62)90-51)36(76)25(94-54)12-87-55-48(41(81)34(74)22(8-63)91-55)98-50-27(58-16(3)67)37(77)32(72)20(6-61)89-50/h14,19-56,61-65,70-84H,6-13H2,1-5H3,(H,57,66)(H,58,67)(H,59,68)(H,60,69)/t14-,19-,20+,21+,22+,23+,24+,25+,26+,27+,28+,29+,30+,31+,32+,33+,34+,35+,36+,37+,38+,39+,40+,41-,42-,43-,44-,45+,46+,47-,48-,49-,50-,51-,52-,53+,54-,55-,56+/m0/s1. The van der Waals surface area contributed by atoms with Crippen LogP contribution in [0.4, 0.5) is 0 Å². The van der Waals surface area contributed by atoms with Gasteiger partial charge >= 0.3 is 0 Å². The second kappa shape index (κ2) is 35.5. The Morgan fingerprint density at radius 1 is 0.313 bits per heavy atom. The maximum absolute atomic E-state index is 13.1. The highest BCUT2D eigenvalue weighted by Crippen LogP contribution is 2.38. The number of aliphatic hydroxyl groups excluding tert-OH is 20. The quantitative estimate of drug-likeness (QED) is 0.0404. The van der Waals surface area contributed by atoms with Crippen LogP contribution < -0.4 is 21.3 Å². The molecule has 0 spiro atoms. The second-order valence-electron chi connectivity index (χ2n) is 25.3. The number of aliphatic hydroxyl groups is 20.